The summed E-state index contributed by atoms with van der Waals surface area (Å²) in [7, 11) is 0. The van der Waals surface area contributed by atoms with Crippen LogP contribution in [0.5, 0.6) is 0 Å². The Balaban J connectivity index is 1.44. The quantitative estimate of drug-likeness (QED) is 0.0199. The highest BCUT2D eigenvalue weighted by Crippen LogP contribution is 2.33. The van der Waals surface area contributed by atoms with E-state index in [0.29, 0.717) is 12.8 Å². The smallest absolute Gasteiger partial charge is 0.220 e. The van der Waals surface area contributed by atoms with E-state index in [2.05, 4.69) is 43.5 Å². The second kappa shape index (κ2) is 52.3. The van der Waals surface area contributed by atoms with E-state index in [9.17, 15) is 61.0 Å². The molecule has 3 heterocycles. The average molecular weight is 1270 g/mol. The molecule has 3 aliphatic heterocycles. The van der Waals surface area contributed by atoms with E-state index >= 15 is 0 Å². The van der Waals surface area contributed by atoms with Crippen molar-refractivity contribution in [2.75, 3.05) is 26.4 Å². The Hall–Kier alpha value is -1.99. The van der Waals surface area contributed by atoms with Gasteiger partial charge in [-0.15, -0.1) is 0 Å². The van der Waals surface area contributed by atoms with E-state index in [1.165, 1.54) is 186 Å². The van der Waals surface area contributed by atoms with Crippen molar-refractivity contribution in [3.63, 3.8) is 0 Å². The number of hydrogen-bond acceptors (Lipinski definition) is 18. The molecule has 0 spiro atoms. The molecule has 17 atom stereocenters. The van der Waals surface area contributed by atoms with Crippen LogP contribution in [0, 0.1) is 0 Å². The number of aliphatic hydroxyl groups is 11. The first-order valence-electron chi connectivity index (χ1n) is 35.7. The molecule has 19 heteroatoms. The van der Waals surface area contributed by atoms with Crippen LogP contribution in [-0.2, 0) is 33.2 Å². The van der Waals surface area contributed by atoms with Crippen LogP contribution < -0.4 is 5.32 Å². The van der Waals surface area contributed by atoms with Crippen LogP contribution in [-0.4, -0.2) is 193 Å². The van der Waals surface area contributed by atoms with Crippen molar-refractivity contribution in [3.05, 3.63) is 36.5 Å². The second-order valence-corrected chi connectivity index (χ2v) is 25.7. The molecule has 0 aromatic heterocycles. The van der Waals surface area contributed by atoms with Crippen LogP contribution in [0.2, 0.25) is 0 Å². The van der Waals surface area contributed by atoms with Gasteiger partial charge in [-0.3, -0.25) is 4.79 Å². The molecule has 0 aromatic rings. The first kappa shape index (κ1) is 81.2. The van der Waals surface area contributed by atoms with Crippen LogP contribution in [0.4, 0.5) is 0 Å². The van der Waals surface area contributed by atoms with Gasteiger partial charge < -0.3 is 89.9 Å². The summed E-state index contributed by atoms with van der Waals surface area (Å²) in [4.78, 5) is 13.4. The first-order valence-corrected chi connectivity index (χ1v) is 35.7. The largest absolute Gasteiger partial charge is 0.394 e. The van der Waals surface area contributed by atoms with Crippen molar-refractivity contribution < 1.29 is 89.4 Å². The minimum atomic E-state index is -1.98. The van der Waals surface area contributed by atoms with Gasteiger partial charge in [0.25, 0.3) is 0 Å². The number of carbonyl (C=O) groups is 1. The van der Waals surface area contributed by atoms with Gasteiger partial charge in [0.05, 0.1) is 38.6 Å². The minimum Gasteiger partial charge on any atom is -0.394 e. The maximum Gasteiger partial charge on any atom is 0.220 e. The Kier molecular flexibility index (Phi) is 47.7. The van der Waals surface area contributed by atoms with Gasteiger partial charge in [0.1, 0.15) is 73.2 Å². The summed E-state index contributed by atoms with van der Waals surface area (Å²) in [5.41, 5.74) is 0. The van der Waals surface area contributed by atoms with Gasteiger partial charge in [-0.2, -0.15) is 0 Å². The molecule has 0 aliphatic carbocycles. The van der Waals surface area contributed by atoms with Crippen LogP contribution >= 0.6 is 0 Å². The third kappa shape index (κ3) is 34.3. The Morgan fingerprint density at radius 1 is 0.393 bits per heavy atom. The molecule has 0 saturated carbocycles. The predicted octanol–water partition coefficient (Wildman–Crippen LogP) is 9.61. The fourth-order valence-electron chi connectivity index (χ4n) is 12.1. The van der Waals surface area contributed by atoms with Gasteiger partial charge in [0.2, 0.25) is 5.91 Å². The molecule has 522 valence electrons. The Labute approximate surface area is 536 Å². The number of nitrogens with one attached hydrogen (secondary N) is 1. The molecule has 17 unspecified atom stereocenters. The van der Waals surface area contributed by atoms with Crippen molar-refractivity contribution in [1.29, 1.82) is 0 Å². The number of hydrogen-bond donors (Lipinski definition) is 12. The lowest BCUT2D eigenvalue weighted by Gasteiger charge is -2.48. The zero-order chi connectivity index (χ0) is 64.7. The van der Waals surface area contributed by atoms with E-state index in [1.807, 2.05) is 6.08 Å². The van der Waals surface area contributed by atoms with Gasteiger partial charge in [-0.25, -0.2) is 0 Å². The fraction of sp³-hybridized carbons (Fsp3) is 0.900. The molecular formula is C70H129NO18. The lowest BCUT2D eigenvalue weighted by molar-refractivity contribution is -0.379. The van der Waals surface area contributed by atoms with E-state index in [1.54, 1.807) is 6.08 Å². The SMILES string of the molecule is CCCCCCCCC/C=C\CCCCCCCCCC(=O)NC(COC1OC(CO)C(OC2OC(CO)C(OC3OC(CO)C(O)C(O)C3O)C(O)C2O)C(O)C1O)C(O)/C=C/CC/C=C/CCCCCCCCCCCCCCCCCCCCCC. The number of allylic oxidation sites excluding steroid dienone is 5. The summed E-state index contributed by atoms with van der Waals surface area (Å²) in [6, 6.07) is -0.992. The molecule has 0 radical (unpaired) electrons. The maximum atomic E-state index is 13.4. The number of aliphatic hydroxyl groups excluding tert-OH is 11. The summed E-state index contributed by atoms with van der Waals surface area (Å²) >= 11 is 0. The first-order chi connectivity index (χ1) is 43.3. The van der Waals surface area contributed by atoms with Gasteiger partial charge >= 0.3 is 0 Å². The molecule has 3 fully saturated rings. The third-order valence-corrected chi connectivity index (χ3v) is 17.9. The van der Waals surface area contributed by atoms with Crippen molar-refractivity contribution >= 4 is 5.91 Å². The predicted molar refractivity (Wildman–Crippen MR) is 346 cm³/mol. The molecule has 89 heavy (non-hydrogen) atoms. The summed E-state index contributed by atoms with van der Waals surface area (Å²) < 4.78 is 34.3. The van der Waals surface area contributed by atoms with Crippen LogP contribution in [0.25, 0.3) is 0 Å². The maximum absolute atomic E-state index is 13.4. The molecule has 12 N–H and O–H groups in total. The van der Waals surface area contributed by atoms with Gasteiger partial charge in [-0.1, -0.05) is 243 Å². The van der Waals surface area contributed by atoms with Crippen molar-refractivity contribution in [2.24, 2.45) is 0 Å². The lowest BCUT2D eigenvalue weighted by Crippen LogP contribution is -2.66. The highest BCUT2D eigenvalue weighted by atomic mass is 16.8. The standard InChI is InChI=1S/C70H129NO18/c1-3-5-7-9-11-13-15-17-19-21-23-24-25-26-27-28-29-30-31-33-35-37-39-41-43-45-47-54(75)53(71-58(76)48-46-44-42-40-38-36-34-32-22-20-18-16-14-12-10-8-6-4-2)52-84-68-64(82)61(79)66(56(50-73)86-68)89-70-65(83)62(80)67(57(51-74)87-70)88-69-63(81)60(78)59(77)55(49-72)85-69/h20,22,37,39,45,47,53-57,59-70,72-75,77-83H,3-19,21,23-36,38,40-44,46,48-52H2,1-2H3,(H,71,76)/b22-20-,39-37+,47-45+. The molecule has 0 aromatic carbocycles. The summed E-state index contributed by atoms with van der Waals surface area (Å²) in [6.45, 7) is 1.73. The summed E-state index contributed by atoms with van der Waals surface area (Å²) in [5.74, 6) is -0.288. The molecule has 3 rings (SSSR count). The second-order valence-electron chi connectivity index (χ2n) is 25.7. The highest BCUT2D eigenvalue weighted by molar-refractivity contribution is 5.76. The zero-order valence-electron chi connectivity index (χ0n) is 55.2. The highest BCUT2D eigenvalue weighted by Gasteiger charge is 2.53. The normalized spacial score (nSPS) is 28.4. The number of amides is 1. The molecule has 19 nitrogen and oxygen atoms in total. The van der Waals surface area contributed by atoms with Crippen LogP contribution in [0.1, 0.15) is 271 Å². The molecular weight excluding hydrogens is 1140 g/mol. The summed E-state index contributed by atoms with van der Waals surface area (Å²) in [6.07, 6.45) is 34.1. The fourth-order valence-corrected chi connectivity index (χ4v) is 12.1. The lowest BCUT2D eigenvalue weighted by atomic mass is 9.96. The molecule has 3 saturated heterocycles. The van der Waals surface area contributed by atoms with Crippen LogP contribution in [0.15, 0.2) is 36.5 Å². The Morgan fingerprint density at radius 3 is 1.12 bits per heavy atom. The van der Waals surface area contributed by atoms with E-state index in [-0.39, 0.29) is 18.9 Å². The number of rotatable bonds is 55. The van der Waals surface area contributed by atoms with Gasteiger partial charge in [0, 0.05) is 6.42 Å². The van der Waals surface area contributed by atoms with E-state index in [0.717, 1.165) is 51.4 Å². The number of carbonyl (C=O) groups excluding carboxylic acids is 1. The number of unbranched alkanes of at least 4 members (excludes halogenated alkanes) is 35. The van der Waals surface area contributed by atoms with E-state index in [4.69, 9.17) is 28.4 Å². The third-order valence-electron chi connectivity index (χ3n) is 17.9. The summed E-state index contributed by atoms with van der Waals surface area (Å²) in [5, 5.41) is 121. The van der Waals surface area contributed by atoms with E-state index < -0.39 is 124 Å². The topological polar surface area (TPSA) is 307 Å². The molecule has 0 bridgehead atoms. The Morgan fingerprint density at radius 2 is 0.719 bits per heavy atom. The number of ether oxygens (including phenoxy) is 6. The monoisotopic (exact) mass is 1270 g/mol. The van der Waals surface area contributed by atoms with Gasteiger partial charge in [0.15, 0.2) is 18.9 Å². The molecule has 3 aliphatic rings. The zero-order valence-corrected chi connectivity index (χ0v) is 55.2. The van der Waals surface area contributed by atoms with Crippen molar-refractivity contribution in [1.82, 2.24) is 5.32 Å². The molecule has 1 amide bonds. The van der Waals surface area contributed by atoms with Gasteiger partial charge in [-0.05, 0) is 57.8 Å². The average Bonchev–Trinajstić information content (AvgIpc) is 2.47. The minimum absolute atomic E-state index is 0.231. The van der Waals surface area contributed by atoms with Crippen molar-refractivity contribution in [2.45, 2.75) is 375 Å². The van der Waals surface area contributed by atoms with Crippen LogP contribution in [0.3, 0.4) is 0 Å². The Bertz CT molecular complexity index is 1760. The van der Waals surface area contributed by atoms with Crippen molar-refractivity contribution in [3.8, 4) is 0 Å².